The number of hydrogen-bond acceptors (Lipinski definition) is 5. The highest BCUT2D eigenvalue weighted by atomic mass is 16.6. The molecular formula is C16H21N3O4. The minimum absolute atomic E-state index is 0.0121. The molecule has 0 saturated carbocycles. The summed E-state index contributed by atoms with van der Waals surface area (Å²) in [5.41, 5.74) is 6.81. The molecule has 2 rings (SSSR count). The topological polar surface area (TPSA) is 98.7 Å². The lowest BCUT2D eigenvalue weighted by Gasteiger charge is -2.29. The van der Waals surface area contributed by atoms with Crippen LogP contribution in [0.15, 0.2) is 24.3 Å². The smallest absolute Gasteiger partial charge is 0.410 e. The number of ether oxygens (including phenoxy) is 1. The van der Waals surface area contributed by atoms with Crippen molar-refractivity contribution >= 4 is 23.0 Å². The van der Waals surface area contributed by atoms with Crippen molar-refractivity contribution in [1.29, 1.82) is 0 Å². The zero-order valence-corrected chi connectivity index (χ0v) is 13.5. The predicted molar refractivity (Wildman–Crippen MR) is 87.9 cm³/mol. The van der Waals surface area contributed by atoms with Crippen molar-refractivity contribution in [2.75, 3.05) is 18.8 Å². The molecule has 0 aliphatic carbocycles. The van der Waals surface area contributed by atoms with E-state index >= 15 is 0 Å². The van der Waals surface area contributed by atoms with Gasteiger partial charge in [0.25, 0.3) is 5.69 Å². The Morgan fingerprint density at radius 3 is 2.61 bits per heavy atom. The standard InChI is InChI=1S/C16H21N3O4/c1-16(2,3)23-15(20)18-8-6-11(7-9-18)13-5-4-12(17)10-14(13)19(21)22/h4-6,10H,7-9,17H2,1-3H3. The lowest BCUT2D eigenvalue weighted by molar-refractivity contribution is -0.385. The van der Waals surface area contributed by atoms with Crippen LogP contribution in [0.4, 0.5) is 16.2 Å². The largest absolute Gasteiger partial charge is 0.444 e. The summed E-state index contributed by atoms with van der Waals surface area (Å²) in [6.45, 7) is 6.27. The van der Waals surface area contributed by atoms with E-state index in [0.29, 0.717) is 30.8 Å². The Kier molecular flexibility index (Phi) is 4.58. The average molecular weight is 319 g/mol. The number of nitro benzene ring substituents is 1. The molecule has 0 bridgehead atoms. The lowest BCUT2D eigenvalue weighted by atomic mass is 9.97. The zero-order valence-electron chi connectivity index (χ0n) is 13.5. The van der Waals surface area contributed by atoms with E-state index in [1.165, 1.54) is 6.07 Å². The third-order valence-electron chi connectivity index (χ3n) is 3.43. The number of rotatable bonds is 2. The number of anilines is 1. The molecule has 124 valence electrons. The number of benzene rings is 1. The number of nitro groups is 1. The summed E-state index contributed by atoms with van der Waals surface area (Å²) in [5, 5.41) is 11.2. The van der Waals surface area contributed by atoms with Gasteiger partial charge in [-0.3, -0.25) is 10.1 Å². The third kappa shape index (κ3) is 4.21. The molecule has 2 N–H and O–H groups in total. The Morgan fingerprint density at radius 1 is 1.39 bits per heavy atom. The molecular weight excluding hydrogens is 298 g/mol. The maximum atomic E-state index is 12.0. The van der Waals surface area contributed by atoms with Crippen LogP contribution in [0, 0.1) is 10.1 Å². The molecule has 7 nitrogen and oxygen atoms in total. The molecule has 1 aromatic rings. The number of nitrogens with zero attached hydrogens (tertiary/aromatic N) is 2. The molecule has 0 atom stereocenters. The maximum absolute atomic E-state index is 12.0. The first-order valence-electron chi connectivity index (χ1n) is 7.38. The fourth-order valence-corrected chi connectivity index (χ4v) is 2.38. The summed E-state index contributed by atoms with van der Waals surface area (Å²) in [5.74, 6) is 0. The maximum Gasteiger partial charge on any atom is 0.410 e. The Balaban J connectivity index is 2.17. The van der Waals surface area contributed by atoms with E-state index in [2.05, 4.69) is 0 Å². The van der Waals surface area contributed by atoms with E-state index in [0.717, 1.165) is 5.57 Å². The van der Waals surface area contributed by atoms with Crippen LogP contribution < -0.4 is 5.73 Å². The van der Waals surface area contributed by atoms with Crippen LogP contribution in [0.5, 0.6) is 0 Å². The zero-order chi connectivity index (χ0) is 17.2. The summed E-state index contributed by atoms with van der Waals surface area (Å²) in [6.07, 6.45) is 1.98. The Labute approximate surface area is 134 Å². The van der Waals surface area contributed by atoms with Crippen molar-refractivity contribution in [1.82, 2.24) is 4.90 Å². The van der Waals surface area contributed by atoms with E-state index in [1.807, 2.05) is 26.8 Å². The fourth-order valence-electron chi connectivity index (χ4n) is 2.38. The minimum Gasteiger partial charge on any atom is -0.444 e. The first-order chi connectivity index (χ1) is 10.7. The number of amides is 1. The van der Waals surface area contributed by atoms with Gasteiger partial charge in [-0.05, 0) is 44.9 Å². The van der Waals surface area contributed by atoms with Gasteiger partial charge < -0.3 is 15.4 Å². The van der Waals surface area contributed by atoms with Crippen LogP contribution in [0.25, 0.3) is 5.57 Å². The number of carbonyl (C=O) groups is 1. The van der Waals surface area contributed by atoms with Crippen molar-refractivity contribution in [3.8, 4) is 0 Å². The molecule has 7 heteroatoms. The molecule has 1 aliphatic rings. The molecule has 0 unspecified atom stereocenters. The molecule has 1 aliphatic heterocycles. The summed E-state index contributed by atoms with van der Waals surface area (Å²) < 4.78 is 5.33. The number of hydrogen-bond donors (Lipinski definition) is 1. The van der Waals surface area contributed by atoms with Gasteiger partial charge in [0, 0.05) is 24.8 Å². The Morgan fingerprint density at radius 2 is 2.09 bits per heavy atom. The molecule has 1 aromatic carbocycles. The van der Waals surface area contributed by atoms with Crippen LogP contribution in [0.1, 0.15) is 32.8 Å². The normalized spacial score (nSPS) is 15.1. The number of nitrogen functional groups attached to an aromatic ring is 1. The summed E-state index contributed by atoms with van der Waals surface area (Å²) in [4.78, 5) is 24.4. The molecule has 0 fully saturated rings. The SMILES string of the molecule is CC(C)(C)OC(=O)N1CC=C(c2ccc(N)cc2[N+](=O)[O-])CC1. The van der Waals surface area contributed by atoms with E-state index in [1.54, 1.807) is 17.0 Å². The third-order valence-corrected chi connectivity index (χ3v) is 3.43. The Bertz CT molecular complexity index is 662. The van der Waals surface area contributed by atoms with Gasteiger partial charge in [0.1, 0.15) is 5.60 Å². The highest BCUT2D eigenvalue weighted by Gasteiger charge is 2.26. The van der Waals surface area contributed by atoms with Crippen molar-refractivity contribution in [3.63, 3.8) is 0 Å². The summed E-state index contributed by atoms with van der Waals surface area (Å²) >= 11 is 0. The van der Waals surface area contributed by atoms with Gasteiger partial charge in [0.15, 0.2) is 0 Å². The molecule has 0 spiro atoms. The molecule has 1 amide bonds. The average Bonchev–Trinajstić information content (AvgIpc) is 2.45. The molecule has 0 radical (unpaired) electrons. The quantitative estimate of drug-likeness (QED) is 0.512. The van der Waals surface area contributed by atoms with Gasteiger partial charge in [0.2, 0.25) is 0 Å². The fraction of sp³-hybridized carbons (Fsp3) is 0.438. The van der Waals surface area contributed by atoms with Crippen molar-refractivity contribution in [3.05, 3.63) is 40.0 Å². The predicted octanol–water partition coefficient (Wildman–Crippen LogP) is 3.20. The second-order valence-corrected chi connectivity index (χ2v) is 6.44. The highest BCUT2D eigenvalue weighted by Crippen LogP contribution is 2.32. The summed E-state index contributed by atoms with van der Waals surface area (Å²) in [6, 6.07) is 4.66. The van der Waals surface area contributed by atoms with Gasteiger partial charge in [-0.15, -0.1) is 0 Å². The molecule has 23 heavy (non-hydrogen) atoms. The van der Waals surface area contributed by atoms with Gasteiger partial charge in [-0.2, -0.15) is 0 Å². The second-order valence-electron chi connectivity index (χ2n) is 6.44. The van der Waals surface area contributed by atoms with E-state index in [-0.39, 0.29) is 11.8 Å². The first kappa shape index (κ1) is 16.8. The Hall–Kier alpha value is -2.57. The van der Waals surface area contributed by atoms with Crippen LogP contribution in [0.3, 0.4) is 0 Å². The van der Waals surface area contributed by atoms with E-state index < -0.39 is 10.5 Å². The number of nitrogens with two attached hydrogens (primary N) is 1. The highest BCUT2D eigenvalue weighted by molar-refractivity contribution is 5.77. The van der Waals surface area contributed by atoms with Crippen LogP contribution >= 0.6 is 0 Å². The molecule has 0 saturated heterocycles. The van der Waals surface area contributed by atoms with Gasteiger partial charge >= 0.3 is 6.09 Å². The van der Waals surface area contributed by atoms with E-state index in [9.17, 15) is 14.9 Å². The van der Waals surface area contributed by atoms with Crippen LogP contribution in [-0.2, 0) is 4.74 Å². The van der Waals surface area contributed by atoms with Crippen LogP contribution in [-0.4, -0.2) is 34.6 Å². The van der Waals surface area contributed by atoms with Gasteiger partial charge in [-0.25, -0.2) is 4.79 Å². The monoisotopic (exact) mass is 319 g/mol. The van der Waals surface area contributed by atoms with Gasteiger partial charge in [-0.1, -0.05) is 6.08 Å². The van der Waals surface area contributed by atoms with Gasteiger partial charge in [0.05, 0.1) is 10.5 Å². The molecule has 0 aromatic heterocycles. The van der Waals surface area contributed by atoms with Crippen molar-refractivity contribution < 1.29 is 14.5 Å². The van der Waals surface area contributed by atoms with E-state index in [4.69, 9.17) is 10.5 Å². The lowest BCUT2D eigenvalue weighted by Crippen LogP contribution is -2.39. The first-order valence-corrected chi connectivity index (χ1v) is 7.38. The van der Waals surface area contributed by atoms with Crippen LogP contribution in [0.2, 0.25) is 0 Å². The van der Waals surface area contributed by atoms with Crippen molar-refractivity contribution in [2.24, 2.45) is 0 Å². The second kappa shape index (κ2) is 6.28. The minimum atomic E-state index is -0.545. The number of carbonyl (C=O) groups excluding carboxylic acids is 1. The summed E-state index contributed by atoms with van der Waals surface area (Å²) in [7, 11) is 0. The molecule has 1 heterocycles. The van der Waals surface area contributed by atoms with Crippen molar-refractivity contribution in [2.45, 2.75) is 32.8 Å².